The third-order valence-electron chi connectivity index (χ3n) is 2.20. The molecule has 7 heteroatoms. The lowest BCUT2D eigenvalue weighted by Gasteiger charge is -2.08. The predicted octanol–water partition coefficient (Wildman–Crippen LogP) is 0.821. The van der Waals surface area contributed by atoms with Crippen LogP contribution in [0.2, 0.25) is 0 Å². The molecule has 0 saturated heterocycles. The second-order valence-electron chi connectivity index (χ2n) is 3.57. The summed E-state index contributed by atoms with van der Waals surface area (Å²) < 4.78 is 0. The fourth-order valence-corrected chi connectivity index (χ4v) is 1.57. The van der Waals surface area contributed by atoms with Gasteiger partial charge in [-0.25, -0.2) is 19.9 Å². The van der Waals surface area contributed by atoms with Gasteiger partial charge in [0.15, 0.2) is 5.82 Å². The molecule has 2 rings (SSSR count). The first-order valence-corrected chi connectivity index (χ1v) is 5.71. The summed E-state index contributed by atoms with van der Waals surface area (Å²) in [4.78, 5) is 16.8. The van der Waals surface area contributed by atoms with Crippen LogP contribution in [0.4, 0.5) is 5.82 Å². The van der Waals surface area contributed by atoms with E-state index in [0.717, 1.165) is 11.5 Å². The van der Waals surface area contributed by atoms with Crippen molar-refractivity contribution in [1.29, 1.82) is 0 Å². The number of nitrogens with zero attached hydrogens (tertiary/aromatic N) is 4. The van der Waals surface area contributed by atoms with E-state index in [2.05, 4.69) is 25.3 Å². The zero-order valence-electron chi connectivity index (χ0n) is 9.79. The highest BCUT2D eigenvalue weighted by molar-refractivity contribution is 7.80. The van der Waals surface area contributed by atoms with Gasteiger partial charge in [-0.3, -0.25) is 0 Å². The van der Waals surface area contributed by atoms with Crippen molar-refractivity contribution in [3.8, 4) is 0 Å². The van der Waals surface area contributed by atoms with Crippen LogP contribution < -0.4 is 11.1 Å². The molecule has 2 heterocycles. The van der Waals surface area contributed by atoms with Crippen molar-refractivity contribution < 1.29 is 0 Å². The maximum absolute atomic E-state index is 5.57. The molecule has 2 aromatic heterocycles. The van der Waals surface area contributed by atoms with E-state index in [0.29, 0.717) is 18.1 Å². The average molecular weight is 260 g/mol. The van der Waals surface area contributed by atoms with E-state index >= 15 is 0 Å². The Kier molecular flexibility index (Phi) is 3.73. The molecule has 0 aliphatic heterocycles. The summed E-state index contributed by atoms with van der Waals surface area (Å²) in [5.41, 5.74) is 6.92. The standard InChI is InChI=1S/C11H12N6S/c1-7-13-3-2-8(17-7)6-16-11-9(10(12)18)14-4-5-15-11/h2-5H,6H2,1H3,(H2,12,18)(H,15,16). The van der Waals surface area contributed by atoms with Crippen molar-refractivity contribution in [2.75, 3.05) is 5.32 Å². The second kappa shape index (κ2) is 5.46. The Morgan fingerprint density at radius 1 is 1.28 bits per heavy atom. The molecule has 0 aliphatic carbocycles. The lowest BCUT2D eigenvalue weighted by molar-refractivity contribution is 0.947. The van der Waals surface area contributed by atoms with Gasteiger partial charge in [-0.15, -0.1) is 0 Å². The summed E-state index contributed by atoms with van der Waals surface area (Å²) >= 11 is 4.91. The summed E-state index contributed by atoms with van der Waals surface area (Å²) in [5, 5.41) is 3.11. The second-order valence-corrected chi connectivity index (χ2v) is 4.01. The minimum Gasteiger partial charge on any atom is -0.388 e. The van der Waals surface area contributed by atoms with Crippen LogP contribution in [-0.2, 0) is 6.54 Å². The van der Waals surface area contributed by atoms with Gasteiger partial charge in [0.05, 0.1) is 12.2 Å². The molecular formula is C11H12N6S. The Hall–Kier alpha value is -2.15. The zero-order chi connectivity index (χ0) is 13.0. The molecule has 0 saturated carbocycles. The van der Waals surface area contributed by atoms with Crippen molar-refractivity contribution in [2.45, 2.75) is 13.5 Å². The van der Waals surface area contributed by atoms with Crippen LogP contribution in [0.5, 0.6) is 0 Å². The van der Waals surface area contributed by atoms with Crippen molar-refractivity contribution in [1.82, 2.24) is 19.9 Å². The van der Waals surface area contributed by atoms with E-state index in [1.807, 2.05) is 13.0 Å². The fraction of sp³-hybridized carbons (Fsp3) is 0.182. The maximum atomic E-state index is 5.57. The Balaban J connectivity index is 2.13. The fourth-order valence-electron chi connectivity index (χ4n) is 1.43. The van der Waals surface area contributed by atoms with Crippen molar-refractivity contribution in [3.05, 3.63) is 41.9 Å². The summed E-state index contributed by atoms with van der Waals surface area (Å²) in [6, 6.07) is 1.83. The average Bonchev–Trinajstić information content (AvgIpc) is 2.37. The molecule has 0 bridgehead atoms. The van der Waals surface area contributed by atoms with Crippen LogP contribution in [0.25, 0.3) is 0 Å². The first-order chi connectivity index (χ1) is 8.66. The number of thiocarbonyl (C=S) groups is 1. The number of nitrogens with one attached hydrogen (secondary N) is 1. The van der Waals surface area contributed by atoms with Gasteiger partial charge in [0.25, 0.3) is 0 Å². The number of hydrogen-bond donors (Lipinski definition) is 2. The molecule has 0 spiro atoms. The van der Waals surface area contributed by atoms with Crippen molar-refractivity contribution in [2.24, 2.45) is 5.73 Å². The lowest BCUT2D eigenvalue weighted by atomic mass is 10.3. The van der Waals surface area contributed by atoms with Crippen LogP contribution in [0.3, 0.4) is 0 Å². The van der Waals surface area contributed by atoms with Crippen molar-refractivity contribution in [3.63, 3.8) is 0 Å². The van der Waals surface area contributed by atoms with E-state index in [1.54, 1.807) is 18.6 Å². The van der Waals surface area contributed by atoms with Crippen LogP contribution in [0.1, 0.15) is 17.2 Å². The van der Waals surface area contributed by atoms with Gasteiger partial charge in [0, 0.05) is 18.6 Å². The summed E-state index contributed by atoms with van der Waals surface area (Å²) in [7, 11) is 0. The molecule has 0 aliphatic rings. The topological polar surface area (TPSA) is 89.6 Å². The molecule has 0 radical (unpaired) electrons. The highest BCUT2D eigenvalue weighted by atomic mass is 32.1. The van der Waals surface area contributed by atoms with Gasteiger partial charge in [-0.2, -0.15) is 0 Å². The molecule has 92 valence electrons. The third-order valence-corrected chi connectivity index (χ3v) is 2.40. The van der Waals surface area contributed by atoms with Crippen LogP contribution >= 0.6 is 12.2 Å². The molecule has 18 heavy (non-hydrogen) atoms. The normalized spacial score (nSPS) is 10.1. The SMILES string of the molecule is Cc1nccc(CNc2nccnc2C(N)=S)n1. The molecule has 3 N–H and O–H groups in total. The van der Waals surface area contributed by atoms with E-state index in [9.17, 15) is 0 Å². The van der Waals surface area contributed by atoms with E-state index in [1.165, 1.54) is 0 Å². The number of anilines is 1. The molecule has 6 nitrogen and oxygen atoms in total. The van der Waals surface area contributed by atoms with Gasteiger partial charge < -0.3 is 11.1 Å². The van der Waals surface area contributed by atoms with Gasteiger partial charge in [-0.1, -0.05) is 12.2 Å². The lowest BCUT2D eigenvalue weighted by Crippen LogP contribution is -2.16. The molecule has 0 unspecified atom stereocenters. The van der Waals surface area contributed by atoms with E-state index < -0.39 is 0 Å². The first-order valence-electron chi connectivity index (χ1n) is 5.30. The smallest absolute Gasteiger partial charge is 0.155 e. The number of rotatable bonds is 4. The molecule has 2 aromatic rings. The maximum Gasteiger partial charge on any atom is 0.155 e. The highest BCUT2D eigenvalue weighted by Crippen LogP contribution is 2.09. The molecule has 0 fully saturated rings. The Bertz CT molecular complexity index is 571. The van der Waals surface area contributed by atoms with Crippen LogP contribution in [-0.4, -0.2) is 24.9 Å². The number of nitrogens with two attached hydrogens (primary N) is 1. The Labute approximate surface area is 110 Å². The van der Waals surface area contributed by atoms with Gasteiger partial charge >= 0.3 is 0 Å². The third kappa shape index (κ3) is 2.95. The molecule has 0 amide bonds. The van der Waals surface area contributed by atoms with Crippen LogP contribution in [0, 0.1) is 6.92 Å². The largest absolute Gasteiger partial charge is 0.388 e. The van der Waals surface area contributed by atoms with Crippen LogP contribution in [0.15, 0.2) is 24.7 Å². The number of hydrogen-bond acceptors (Lipinski definition) is 6. The Morgan fingerprint density at radius 2 is 2.06 bits per heavy atom. The quantitative estimate of drug-likeness (QED) is 0.786. The predicted molar refractivity (Wildman–Crippen MR) is 72.0 cm³/mol. The summed E-state index contributed by atoms with van der Waals surface area (Å²) in [6.45, 7) is 2.35. The zero-order valence-corrected chi connectivity index (χ0v) is 10.6. The number of aromatic nitrogens is 4. The summed E-state index contributed by atoms with van der Waals surface area (Å²) in [5.74, 6) is 1.28. The molecule has 0 atom stereocenters. The Morgan fingerprint density at radius 3 is 2.78 bits per heavy atom. The van der Waals surface area contributed by atoms with Gasteiger partial charge in [0.1, 0.15) is 16.5 Å². The highest BCUT2D eigenvalue weighted by Gasteiger charge is 2.07. The van der Waals surface area contributed by atoms with Crippen molar-refractivity contribution >= 4 is 23.0 Å². The number of aryl methyl sites for hydroxylation is 1. The molecule has 0 aromatic carbocycles. The van der Waals surface area contributed by atoms with Gasteiger partial charge in [0.2, 0.25) is 0 Å². The van der Waals surface area contributed by atoms with Gasteiger partial charge in [-0.05, 0) is 13.0 Å². The van der Waals surface area contributed by atoms with E-state index in [4.69, 9.17) is 18.0 Å². The first kappa shape index (κ1) is 12.3. The monoisotopic (exact) mass is 260 g/mol. The summed E-state index contributed by atoms with van der Waals surface area (Å²) in [6.07, 6.45) is 4.84. The van der Waals surface area contributed by atoms with E-state index in [-0.39, 0.29) is 4.99 Å². The minimum absolute atomic E-state index is 0.212. The minimum atomic E-state index is 0.212. The molecular weight excluding hydrogens is 248 g/mol.